The third-order valence-corrected chi connectivity index (χ3v) is 12.7. The zero-order valence-electron chi connectivity index (χ0n) is 32.8. The Labute approximate surface area is 346 Å². The average molecular weight is 767 g/mol. The van der Waals surface area contributed by atoms with Crippen LogP contribution >= 0.6 is 0 Å². The summed E-state index contributed by atoms with van der Waals surface area (Å²) >= 11 is 0. The van der Waals surface area contributed by atoms with Crippen LogP contribution in [0.2, 0.25) is 0 Å². The minimum Gasteiger partial charge on any atom is -0.456 e. The van der Waals surface area contributed by atoms with Gasteiger partial charge in [-0.15, -0.1) is 0 Å². The second-order valence-electron chi connectivity index (χ2n) is 16.2. The average Bonchev–Trinajstić information content (AvgIpc) is 3.97. The van der Waals surface area contributed by atoms with Crippen molar-refractivity contribution in [1.82, 2.24) is 4.57 Å². The van der Waals surface area contributed by atoms with Crippen molar-refractivity contribution in [3.63, 3.8) is 0 Å². The molecule has 12 aromatic rings. The van der Waals surface area contributed by atoms with Gasteiger partial charge in [0.1, 0.15) is 22.3 Å². The molecule has 0 fully saturated rings. The van der Waals surface area contributed by atoms with Crippen LogP contribution in [0.5, 0.6) is 0 Å². The van der Waals surface area contributed by atoms with Crippen molar-refractivity contribution in [3.8, 4) is 39.1 Å². The van der Waals surface area contributed by atoms with Gasteiger partial charge < -0.3 is 18.7 Å². The minimum absolute atomic E-state index is 0.729. The number of hydrogen-bond donors (Lipinski definition) is 1. The first-order chi connectivity index (χ1) is 29.6. The Balaban J connectivity index is 1.19. The van der Waals surface area contributed by atoms with Crippen LogP contribution in [0.3, 0.4) is 0 Å². The Morgan fingerprint density at radius 1 is 0.467 bits per heavy atom. The van der Waals surface area contributed by atoms with Crippen LogP contribution in [0.15, 0.2) is 191 Å². The topological polar surface area (TPSA) is 43.2 Å². The second kappa shape index (κ2) is 12.6. The monoisotopic (exact) mass is 766 g/mol. The molecule has 280 valence electrons. The summed E-state index contributed by atoms with van der Waals surface area (Å²) < 4.78 is 15.7. The van der Waals surface area contributed by atoms with E-state index in [4.69, 9.17) is 8.83 Å². The Morgan fingerprint density at radius 2 is 1.10 bits per heavy atom. The Kier molecular flexibility index (Phi) is 6.99. The van der Waals surface area contributed by atoms with Crippen LogP contribution in [0.4, 0.5) is 11.4 Å². The molecule has 5 heteroatoms. The summed E-state index contributed by atoms with van der Waals surface area (Å²) in [5.74, 6) is 0. The predicted octanol–water partition coefficient (Wildman–Crippen LogP) is 13.3. The van der Waals surface area contributed by atoms with Crippen molar-refractivity contribution >= 4 is 95.3 Å². The second-order valence-corrected chi connectivity index (χ2v) is 16.2. The van der Waals surface area contributed by atoms with Gasteiger partial charge in [0.15, 0.2) is 7.28 Å². The lowest BCUT2D eigenvalue weighted by Gasteiger charge is -2.25. The molecule has 3 aromatic heterocycles. The number of anilines is 2. The highest BCUT2D eigenvalue weighted by atomic mass is 16.3. The number of fused-ring (bicyclic) bond motifs is 11. The van der Waals surface area contributed by atoms with Gasteiger partial charge in [-0.25, -0.2) is 0 Å². The summed E-state index contributed by atoms with van der Waals surface area (Å²) in [5.41, 5.74) is 20.0. The van der Waals surface area contributed by atoms with Crippen molar-refractivity contribution in [2.24, 2.45) is 0 Å². The predicted molar refractivity (Wildman–Crippen MR) is 253 cm³/mol. The lowest BCUT2D eigenvalue weighted by Crippen LogP contribution is -2.37. The summed E-state index contributed by atoms with van der Waals surface area (Å²) in [7, 11) is 0.729. The van der Waals surface area contributed by atoms with Gasteiger partial charge in [-0.1, -0.05) is 132 Å². The molecule has 9 aromatic carbocycles. The molecule has 1 N–H and O–H groups in total. The fourth-order valence-electron chi connectivity index (χ4n) is 9.93. The number of aryl methyl sites for hydroxylation is 1. The molecular weight excluding hydrogens is 731 g/mol. The molecule has 0 unspecified atom stereocenters. The van der Waals surface area contributed by atoms with Gasteiger partial charge in [0, 0.05) is 60.5 Å². The molecule has 0 radical (unpaired) electrons. The normalized spacial score (nSPS) is 12.2. The summed E-state index contributed by atoms with van der Waals surface area (Å²) in [4.78, 5) is 0. The fraction of sp³-hybridized carbons (Fsp3) is 0.0182. The molecule has 4 nitrogen and oxygen atoms in total. The highest BCUT2D eigenvalue weighted by molar-refractivity contribution is 6.74. The quantitative estimate of drug-likeness (QED) is 0.177. The number of nitrogens with one attached hydrogen (secondary N) is 1. The Morgan fingerprint density at radius 3 is 1.87 bits per heavy atom. The SMILES string of the molecule is Cc1ccc(Nc2cc3c(cc2-c2cc(-c4ccccc4-c4ccccc4)c4c5ccccc5n5c4c2Bc2cc4oc6ccccc6c4cc2-5)oc2ccccc23)cc1. The van der Waals surface area contributed by atoms with Gasteiger partial charge in [0.25, 0.3) is 0 Å². The van der Waals surface area contributed by atoms with E-state index in [0.717, 1.165) is 73.7 Å². The van der Waals surface area contributed by atoms with Gasteiger partial charge >= 0.3 is 0 Å². The molecule has 1 aliphatic heterocycles. The van der Waals surface area contributed by atoms with Crippen LogP contribution in [-0.2, 0) is 0 Å². The number of nitrogens with zero attached hydrogens (tertiary/aromatic N) is 1. The summed E-state index contributed by atoms with van der Waals surface area (Å²) in [6.45, 7) is 2.13. The number of para-hydroxylation sites is 3. The summed E-state index contributed by atoms with van der Waals surface area (Å²) in [6, 6.07) is 65.6. The van der Waals surface area contributed by atoms with Gasteiger partial charge in [-0.3, -0.25) is 0 Å². The van der Waals surface area contributed by atoms with Gasteiger partial charge in [-0.2, -0.15) is 0 Å². The van der Waals surface area contributed by atoms with Crippen LogP contribution in [-0.4, -0.2) is 11.8 Å². The lowest BCUT2D eigenvalue weighted by atomic mass is 9.58. The van der Waals surface area contributed by atoms with E-state index in [9.17, 15) is 0 Å². The molecule has 4 heterocycles. The Bertz CT molecular complexity index is 3720. The van der Waals surface area contributed by atoms with Gasteiger partial charge in [0.05, 0.1) is 5.52 Å². The third-order valence-electron chi connectivity index (χ3n) is 12.7. The fourth-order valence-corrected chi connectivity index (χ4v) is 9.93. The highest BCUT2D eigenvalue weighted by Gasteiger charge is 2.31. The zero-order valence-corrected chi connectivity index (χ0v) is 32.8. The van der Waals surface area contributed by atoms with Crippen LogP contribution < -0.4 is 16.2 Å². The van der Waals surface area contributed by atoms with E-state index >= 15 is 0 Å². The van der Waals surface area contributed by atoms with Gasteiger partial charge in [-0.05, 0) is 101 Å². The molecule has 0 saturated heterocycles. The van der Waals surface area contributed by atoms with E-state index in [-0.39, 0.29) is 0 Å². The van der Waals surface area contributed by atoms with Gasteiger partial charge in [0.2, 0.25) is 0 Å². The zero-order chi connectivity index (χ0) is 39.5. The molecule has 0 saturated carbocycles. The maximum absolute atomic E-state index is 6.66. The molecule has 0 aliphatic carbocycles. The first-order valence-corrected chi connectivity index (χ1v) is 20.6. The molecule has 0 bridgehead atoms. The standard InChI is InChI=1S/C55H35BN2O2/c1-32-23-25-34(26-24-32)57-46-28-41-37-17-8-11-21-49(37)59-51(41)30-40(46)44-27-43(36-16-6-5-15-35(36)33-13-3-2-4-14-33)53-39-19-7-10-20-47(39)58-48-29-42-38-18-9-12-22-50(38)60-52(42)31-45(48)56-54(44)55(53)58/h2-31,56-57H,1H3. The van der Waals surface area contributed by atoms with Crippen molar-refractivity contribution in [2.45, 2.75) is 6.92 Å². The summed E-state index contributed by atoms with van der Waals surface area (Å²) in [5, 5.41) is 10.8. The first kappa shape index (κ1) is 33.2. The van der Waals surface area contributed by atoms with E-state index in [1.807, 2.05) is 12.1 Å². The van der Waals surface area contributed by atoms with Crippen LogP contribution in [0.1, 0.15) is 5.56 Å². The largest absolute Gasteiger partial charge is 0.456 e. The van der Waals surface area contributed by atoms with E-state index in [1.54, 1.807) is 0 Å². The third kappa shape index (κ3) is 4.87. The molecular formula is C55H35BN2O2. The summed E-state index contributed by atoms with van der Waals surface area (Å²) in [6.07, 6.45) is 0. The van der Waals surface area contributed by atoms with Crippen molar-refractivity contribution in [2.75, 3.05) is 5.32 Å². The molecule has 13 rings (SSSR count). The van der Waals surface area contributed by atoms with E-state index in [2.05, 4.69) is 187 Å². The van der Waals surface area contributed by atoms with Crippen LogP contribution in [0, 0.1) is 6.92 Å². The van der Waals surface area contributed by atoms with Crippen LogP contribution in [0.25, 0.3) is 105 Å². The number of aromatic nitrogens is 1. The van der Waals surface area contributed by atoms with Crippen molar-refractivity contribution < 1.29 is 8.83 Å². The number of benzene rings is 9. The molecule has 0 spiro atoms. The molecule has 1 aliphatic rings. The Hall–Kier alpha value is -7.76. The molecule has 60 heavy (non-hydrogen) atoms. The van der Waals surface area contributed by atoms with Crippen molar-refractivity contribution in [1.29, 1.82) is 0 Å². The maximum Gasteiger partial charge on any atom is 0.198 e. The molecule has 0 atom stereocenters. The highest BCUT2D eigenvalue weighted by Crippen LogP contribution is 2.47. The van der Waals surface area contributed by atoms with Crippen molar-refractivity contribution in [3.05, 3.63) is 188 Å². The molecule has 0 amide bonds. The van der Waals surface area contributed by atoms with E-state index < -0.39 is 0 Å². The number of rotatable bonds is 5. The minimum atomic E-state index is 0.729. The lowest BCUT2D eigenvalue weighted by molar-refractivity contribution is 0.669. The van der Waals surface area contributed by atoms with E-state index in [1.165, 1.54) is 66.2 Å². The first-order valence-electron chi connectivity index (χ1n) is 20.6. The number of furan rings is 2. The smallest absolute Gasteiger partial charge is 0.198 e. The number of hydrogen-bond acceptors (Lipinski definition) is 3. The maximum atomic E-state index is 6.66. The van der Waals surface area contributed by atoms with E-state index in [0.29, 0.717) is 0 Å².